The van der Waals surface area contributed by atoms with E-state index >= 15 is 0 Å². The van der Waals surface area contributed by atoms with Gasteiger partial charge in [0.15, 0.2) is 13.2 Å². The molecule has 0 aliphatic rings. The van der Waals surface area contributed by atoms with E-state index in [1.165, 1.54) is 19.1 Å². The standard InChI is InChI=1S/C9H9ClO3.C8H6Cl2O3.C3H4Cl2O2/c1-6-4-7(10)2-3-8(6)13-5-9(11)12;9-5-1-2-7(6(10)3-5)13-4-8(11)12;1-3(4,5)2(6)7/h2-4H,5H2,1H3,(H,11,12);1-3H,4H2,(H,11,12);1H3,(H,6,7). The van der Waals surface area contributed by atoms with Gasteiger partial charge in [-0.25, -0.2) is 14.4 Å². The predicted octanol–water partition coefficient (Wildman–Crippen LogP) is 5.83. The van der Waals surface area contributed by atoms with Crippen LogP contribution in [-0.2, 0) is 14.4 Å². The Kier molecular flexibility index (Phi) is 14.0. The van der Waals surface area contributed by atoms with Crippen LogP contribution in [0.15, 0.2) is 36.4 Å². The highest BCUT2D eigenvalue weighted by atomic mass is 35.5. The van der Waals surface area contributed by atoms with Crippen molar-refractivity contribution in [2.45, 2.75) is 18.2 Å². The number of hydrogen-bond acceptors (Lipinski definition) is 5. The van der Waals surface area contributed by atoms with Gasteiger partial charge in [0.05, 0.1) is 5.02 Å². The molecule has 0 aliphatic carbocycles. The van der Waals surface area contributed by atoms with Crippen molar-refractivity contribution in [3.8, 4) is 11.5 Å². The van der Waals surface area contributed by atoms with Crippen molar-refractivity contribution in [2.75, 3.05) is 13.2 Å². The van der Waals surface area contributed by atoms with Crippen LogP contribution in [0.1, 0.15) is 12.5 Å². The number of aliphatic carboxylic acids is 3. The number of halogens is 5. The third kappa shape index (κ3) is 14.6. The molecule has 0 aliphatic heterocycles. The fourth-order valence-corrected chi connectivity index (χ4v) is 2.34. The van der Waals surface area contributed by atoms with E-state index in [2.05, 4.69) is 0 Å². The van der Waals surface area contributed by atoms with Crippen LogP contribution in [0.25, 0.3) is 0 Å². The summed E-state index contributed by atoms with van der Waals surface area (Å²) in [5.74, 6) is -2.41. The van der Waals surface area contributed by atoms with Gasteiger partial charge in [0.1, 0.15) is 11.5 Å². The first-order valence-corrected chi connectivity index (χ1v) is 10.5. The molecule has 0 amide bonds. The second-order valence-electron chi connectivity index (χ2n) is 6.04. The maximum atomic E-state index is 10.2. The van der Waals surface area contributed by atoms with Crippen LogP contribution >= 0.6 is 58.0 Å². The SMILES string of the molecule is CC(Cl)(Cl)C(=O)O.Cc1cc(Cl)ccc1OCC(=O)O.O=C(O)COc1ccc(Cl)cc1Cl. The van der Waals surface area contributed by atoms with Gasteiger partial charge in [0.25, 0.3) is 0 Å². The van der Waals surface area contributed by atoms with E-state index in [4.69, 9.17) is 82.8 Å². The number of carbonyl (C=O) groups is 3. The normalized spacial score (nSPS) is 10.0. The highest BCUT2D eigenvalue weighted by molar-refractivity contribution is 6.56. The second-order valence-corrected chi connectivity index (χ2v) is 9.03. The van der Waals surface area contributed by atoms with Crippen LogP contribution in [0.3, 0.4) is 0 Å². The summed E-state index contributed by atoms with van der Waals surface area (Å²) in [6.45, 7) is 2.26. The molecule has 2 rings (SSSR count). The Morgan fingerprint density at radius 2 is 1.21 bits per heavy atom. The summed E-state index contributed by atoms with van der Waals surface area (Å²) < 4.78 is 8.22. The Bertz CT molecular complexity index is 894. The van der Waals surface area contributed by atoms with Gasteiger partial charge in [-0.1, -0.05) is 58.0 Å². The molecule has 0 atom stereocenters. The van der Waals surface area contributed by atoms with Gasteiger partial charge >= 0.3 is 17.9 Å². The summed E-state index contributed by atoms with van der Waals surface area (Å²) in [5.41, 5.74) is 0.828. The smallest absolute Gasteiger partial charge is 0.341 e. The molecule has 33 heavy (non-hydrogen) atoms. The molecule has 0 aromatic heterocycles. The summed E-state index contributed by atoms with van der Waals surface area (Å²) >= 11 is 27.1. The zero-order valence-electron chi connectivity index (χ0n) is 17.2. The molecule has 0 saturated heterocycles. The van der Waals surface area contributed by atoms with Crippen LogP contribution in [0, 0.1) is 6.92 Å². The molecule has 13 heteroatoms. The maximum Gasteiger partial charge on any atom is 0.341 e. The fraction of sp³-hybridized carbons (Fsp3) is 0.250. The van der Waals surface area contributed by atoms with Gasteiger partial charge in [-0.15, -0.1) is 0 Å². The van der Waals surface area contributed by atoms with Gasteiger partial charge in [-0.3, -0.25) is 0 Å². The first-order chi connectivity index (χ1) is 15.1. The number of aryl methyl sites for hydroxylation is 1. The van der Waals surface area contributed by atoms with Crippen LogP contribution in [0.4, 0.5) is 0 Å². The second kappa shape index (κ2) is 14.9. The van der Waals surface area contributed by atoms with E-state index in [0.29, 0.717) is 26.6 Å². The molecule has 2 aromatic rings. The summed E-state index contributed by atoms with van der Waals surface area (Å²) in [6.07, 6.45) is 0. The summed E-state index contributed by atoms with van der Waals surface area (Å²) in [5, 5.41) is 26.1. The van der Waals surface area contributed by atoms with Crippen molar-refractivity contribution in [3.05, 3.63) is 57.0 Å². The van der Waals surface area contributed by atoms with E-state index in [-0.39, 0.29) is 6.61 Å². The third-order valence-corrected chi connectivity index (χ3v) is 4.20. The average Bonchev–Trinajstić information content (AvgIpc) is 2.66. The lowest BCUT2D eigenvalue weighted by atomic mass is 10.2. The van der Waals surface area contributed by atoms with Crippen LogP contribution in [-0.4, -0.2) is 50.8 Å². The van der Waals surface area contributed by atoms with E-state index < -0.39 is 28.8 Å². The molecule has 182 valence electrons. The minimum Gasteiger partial charge on any atom is -0.482 e. The number of hydrogen-bond donors (Lipinski definition) is 3. The van der Waals surface area contributed by atoms with Gasteiger partial charge < -0.3 is 24.8 Å². The molecule has 0 heterocycles. The quantitative estimate of drug-likeness (QED) is 0.358. The lowest BCUT2D eigenvalue weighted by molar-refractivity contribution is -0.140. The summed E-state index contributed by atoms with van der Waals surface area (Å²) in [6, 6.07) is 9.61. The van der Waals surface area contributed by atoms with E-state index in [1.54, 1.807) is 24.3 Å². The highest BCUT2D eigenvalue weighted by Gasteiger charge is 2.25. The zero-order chi connectivity index (χ0) is 25.8. The number of carboxylic acids is 3. The summed E-state index contributed by atoms with van der Waals surface area (Å²) in [4.78, 5) is 30.1. The van der Waals surface area contributed by atoms with Crippen LogP contribution in [0.2, 0.25) is 15.1 Å². The molecule has 0 fully saturated rings. The van der Waals surface area contributed by atoms with Crippen molar-refractivity contribution < 1.29 is 39.2 Å². The van der Waals surface area contributed by atoms with Crippen molar-refractivity contribution in [2.24, 2.45) is 0 Å². The van der Waals surface area contributed by atoms with Crippen molar-refractivity contribution in [1.29, 1.82) is 0 Å². The van der Waals surface area contributed by atoms with Crippen LogP contribution in [0.5, 0.6) is 11.5 Å². The number of alkyl halides is 2. The molecule has 8 nitrogen and oxygen atoms in total. The van der Waals surface area contributed by atoms with Crippen molar-refractivity contribution in [1.82, 2.24) is 0 Å². The monoisotopic (exact) mass is 562 g/mol. The van der Waals surface area contributed by atoms with E-state index in [0.717, 1.165) is 5.56 Å². The first kappa shape index (κ1) is 30.9. The lowest BCUT2D eigenvalue weighted by Crippen LogP contribution is -2.19. The van der Waals surface area contributed by atoms with Gasteiger partial charge in [-0.2, -0.15) is 0 Å². The fourth-order valence-electron chi connectivity index (χ4n) is 1.65. The zero-order valence-corrected chi connectivity index (χ0v) is 20.9. The molecular formula is C20H19Cl5O8. The van der Waals surface area contributed by atoms with Gasteiger partial charge in [-0.05, 0) is 55.8 Å². The third-order valence-electron chi connectivity index (χ3n) is 3.11. The molecule has 3 N–H and O–H groups in total. The number of benzene rings is 2. The first-order valence-electron chi connectivity index (χ1n) is 8.65. The Balaban J connectivity index is 0.000000490. The molecule has 0 bridgehead atoms. The number of rotatable bonds is 7. The predicted molar refractivity (Wildman–Crippen MR) is 127 cm³/mol. The average molecular weight is 565 g/mol. The Hall–Kier alpha value is -2.10. The summed E-state index contributed by atoms with van der Waals surface area (Å²) in [7, 11) is 0. The van der Waals surface area contributed by atoms with Crippen LogP contribution < -0.4 is 9.47 Å². The minimum atomic E-state index is -1.64. The van der Waals surface area contributed by atoms with Crippen molar-refractivity contribution in [3.63, 3.8) is 0 Å². The molecular weight excluding hydrogens is 545 g/mol. The highest BCUT2D eigenvalue weighted by Crippen LogP contribution is 2.27. The Labute approximate surface area is 214 Å². The molecule has 0 saturated carbocycles. The van der Waals surface area contributed by atoms with E-state index in [1.807, 2.05) is 6.92 Å². The van der Waals surface area contributed by atoms with Gasteiger partial charge in [0, 0.05) is 10.0 Å². The van der Waals surface area contributed by atoms with Gasteiger partial charge in [0.2, 0.25) is 4.33 Å². The molecule has 0 radical (unpaired) electrons. The molecule has 0 spiro atoms. The topological polar surface area (TPSA) is 130 Å². The Morgan fingerprint density at radius 3 is 1.58 bits per heavy atom. The molecule has 0 unspecified atom stereocenters. The number of ether oxygens (including phenoxy) is 2. The largest absolute Gasteiger partial charge is 0.482 e. The maximum absolute atomic E-state index is 10.2. The minimum absolute atomic E-state index is 0.300. The lowest BCUT2D eigenvalue weighted by Gasteiger charge is -2.06. The van der Waals surface area contributed by atoms with Crippen molar-refractivity contribution >= 4 is 75.9 Å². The number of carboxylic acid groups (broad SMARTS) is 3. The van der Waals surface area contributed by atoms with E-state index in [9.17, 15) is 14.4 Å². The molecule has 2 aromatic carbocycles. The Morgan fingerprint density at radius 1 is 0.818 bits per heavy atom.